The average Bonchev–Trinajstić information content (AvgIpc) is 3.98. The lowest BCUT2D eigenvalue weighted by Gasteiger charge is -2.26. The van der Waals surface area contributed by atoms with Crippen LogP contribution in [-0.2, 0) is 11.2 Å². The Morgan fingerprint density at radius 2 is 1.47 bits per heavy atom. The van der Waals surface area contributed by atoms with E-state index in [1.807, 2.05) is 131 Å². The maximum atomic E-state index is 12.3. The third-order valence-corrected chi connectivity index (χ3v) is 10.5. The van der Waals surface area contributed by atoms with Gasteiger partial charge in [0.1, 0.15) is 18.1 Å². The molecule has 72 heavy (non-hydrogen) atoms. The smallest absolute Gasteiger partial charge is 0.349 e. The van der Waals surface area contributed by atoms with Gasteiger partial charge in [-0.25, -0.2) is 24.5 Å². The van der Waals surface area contributed by atoms with E-state index >= 15 is 0 Å². The van der Waals surface area contributed by atoms with Crippen LogP contribution in [0.2, 0.25) is 0 Å². The number of rotatable bonds is 13. The second kappa shape index (κ2) is 26.4. The Hall–Kier alpha value is -8.66. The zero-order chi connectivity index (χ0) is 51.8. The van der Waals surface area contributed by atoms with Crippen LogP contribution in [0.3, 0.4) is 0 Å². The lowest BCUT2D eigenvalue weighted by Crippen LogP contribution is -2.42. The van der Waals surface area contributed by atoms with Crippen molar-refractivity contribution in [2.45, 2.75) is 107 Å². The molecule has 0 saturated carbocycles. The van der Waals surface area contributed by atoms with Crippen LogP contribution in [0.1, 0.15) is 110 Å². The van der Waals surface area contributed by atoms with Gasteiger partial charge in [-0.15, -0.1) is 0 Å². The van der Waals surface area contributed by atoms with Crippen molar-refractivity contribution in [1.82, 2.24) is 54.2 Å². The van der Waals surface area contributed by atoms with Crippen LogP contribution in [0.25, 0.3) is 22.6 Å². The number of imidazole rings is 2. The number of allylic oxidation sites excluding steroid dienone is 1. The van der Waals surface area contributed by atoms with E-state index in [2.05, 4.69) is 84.8 Å². The fourth-order valence-electron chi connectivity index (χ4n) is 6.69. The van der Waals surface area contributed by atoms with E-state index in [1.54, 1.807) is 40.7 Å². The van der Waals surface area contributed by atoms with E-state index < -0.39 is 0 Å². The van der Waals surface area contributed by atoms with Crippen molar-refractivity contribution in [3.8, 4) is 11.9 Å². The minimum Gasteiger partial charge on any atom is -0.475 e. The highest BCUT2D eigenvalue weighted by atomic mass is 16.5. The summed E-state index contributed by atoms with van der Waals surface area (Å²) in [6.07, 6.45) is 10.9. The van der Waals surface area contributed by atoms with Gasteiger partial charge in [-0.1, -0.05) is 87.8 Å². The van der Waals surface area contributed by atoms with Crippen molar-refractivity contribution in [2.75, 3.05) is 17.2 Å². The molecule has 0 radical (unpaired) electrons. The van der Waals surface area contributed by atoms with Gasteiger partial charge in [0.2, 0.25) is 17.7 Å². The Labute approximate surface area is 421 Å². The van der Waals surface area contributed by atoms with Crippen molar-refractivity contribution < 1.29 is 14.3 Å². The third kappa shape index (κ3) is 15.2. The first-order valence-corrected chi connectivity index (χ1v) is 23.1. The molecule has 19 heteroatoms. The number of benzene rings is 2. The molecule has 2 aromatic carbocycles. The van der Waals surface area contributed by atoms with Crippen LogP contribution in [0.4, 0.5) is 22.4 Å². The van der Waals surface area contributed by atoms with E-state index in [4.69, 9.17) is 10.00 Å². The van der Waals surface area contributed by atoms with Crippen molar-refractivity contribution in [3.05, 3.63) is 150 Å². The Morgan fingerprint density at radius 3 is 2.08 bits per heavy atom. The molecule has 3 amide bonds. The number of hydrogen-bond acceptors (Lipinski definition) is 13. The Kier molecular flexibility index (Phi) is 20.5. The zero-order valence-electron chi connectivity index (χ0n) is 41.8. The summed E-state index contributed by atoms with van der Waals surface area (Å²) in [4.78, 5) is 62.7. The summed E-state index contributed by atoms with van der Waals surface area (Å²) >= 11 is 0. The molecule has 378 valence electrons. The predicted molar refractivity (Wildman–Crippen MR) is 286 cm³/mol. The summed E-state index contributed by atoms with van der Waals surface area (Å²) in [6.45, 7) is 29.6. The Balaban J connectivity index is 0.000000220. The number of aryl methyl sites for hydroxylation is 1. The highest BCUT2D eigenvalue weighted by Gasteiger charge is 2.20. The molecular weight excluding hydrogens is 911 g/mol. The standard InChI is InChI=1S/C19H20N6O2.C16H19N3O.C9H12N4.C8H12N2O.CH4/c1-13(2)25-12-21-16-17(25)23-19(24-18(16)27-10-6-9-20)22-15(26)11-14-7-4-3-5-8-14;1-11(2)19-10-12(3)15(18-16(19)20)17-13(4)14-8-6-5-7-9-14;1-6(2)13-5-12-8-7(3)10-4-11-9(8)13;1-6(2)10-5-4-7(3)9-8(10)11;/h3-5,7-8,12-13H,6,10-11H2,1-2H3,(H,22,23,24,26);5-11H,4H2,1-3H3,(H,17,18,20);4-6H,3H2,1-2H3,(H,10,11);4-6H,3H2,1-2H3,(H,9,11);1H4. The summed E-state index contributed by atoms with van der Waals surface area (Å²) in [5.74, 6) is 1.63. The first kappa shape index (κ1) is 55.9. The van der Waals surface area contributed by atoms with Gasteiger partial charge in [0.15, 0.2) is 17.0 Å². The maximum absolute atomic E-state index is 12.3. The highest BCUT2D eigenvalue weighted by molar-refractivity contribution is 5.92. The Bertz CT molecular complexity index is 2990. The molecule has 6 aromatic rings. The number of anilines is 2. The van der Waals surface area contributed by atoms with E-state index in [0.29, 0.717) is 28.7 Å². The predicted octanol–water partition coefficient (Wildman–Crippen LogP) is 9.88. The second-order valence-corrected chi connectivity index (χ2v) is 17.3. The molecule has 2 aliphatic rings. The summed E-state index contributed by atoms with van der Waals surface area (Å²) in [5.41, 5.74) is 6.62. The van der Waals surface area contributed by atoms with E-state index in [1.165, 1.54) is 0 Å². The number of amides is 3. The summed E-state index contributed by atoms with van der Waals surface area (Å²) in [5, 5.41) is 20.1. The van der Waals surface area contributed by atoms with Crippen LogP contribution in [0.15, 0.2) is 127 Å². The normalized spacial score (nSPS) is 12.3. The van der Waals surface area contributed by atoms with Gasteiger partial charge < -0.3 is 29.8 Å². The topological polar surface area (TPSA) is 227 Å². The molecule has 0 atom stereocenters. The third-order valence-electron chi connectivity index (χ3n) is 10.5. The quantitative estimate of drug-likeness (QED) is 0.0793. The Morgan fingerprint density at radius 1 is 0.833 bits per heavy atom. The average molecular weight is 978 g/mol. The number of hydrogen-bond donors (Lipinski definition) is 4. The number of carbonyl (C=O) groups excluding carboxylic acids is 2. The van der Waals surface area contributed by atoms with Gasteiger partial charge in [-0.2, -0.15) is 20.2 Å². The fraction of sp³-hybridized carbons (Fsp3) is 0.321. The molecule has 4 N–H and O–H groups in total. The number of carbonyl (C=O) groups is 2. The van der Waals surface area contributed by atoms with Gasteiger partial charge >= 0.3 is 11.7 Å². The summed E-state index contributed by atoms with van der Waals surface area (Å²) < 4.78 is 11.1. The number of nitrogens with zero attached hydrogens (tertiary/aromatic N) is 11. The van der Waals surface area contributed by atoms with Crippen LogP contribution in [0, 0.1) is 18.3 Å². The second-order valence-electron chi connectivity index (χ2n) is 17.3. The lowest BCUT2D eigenvalue weighted by atomic mass is 10.1. The van der Waals surface area contributed by atoms with Gasteiger partial charge in [-0.3, -0.25) is 19.6 Å². The first-order chi connectivity index (χ1) is 33.9. The molecule has 2 aliphatic heterocycles. The maximum Gasteiger partial charge on any atom is 0.349 e. The molecule has 19 nitrogen and oxygen atoms in total. The molecular formula is C53H67N15O4. The largest absolute Gasteiger partial charge is 0.475 e. The van der Waals surface area contributed by atoms with Crippen molar-refractivity contribution in [2.24, 2.45) is 4.99 Å². The lowest BCUT2D eigenvalue weighted by molar-refractivity contribution is -0.115. The number of fused-ring (bicyclic) bond motifs is 2. The van der Waals surface area contributed by atoms with Gasteiger partial charge in [0.25, 0.3) is 0 Å². The van der Waals surface area contributed by atoms with E-state index in [0.717, 1.165) is 39.6 Å². The van der Waals surface area contributed by atoms with Crippen LogP contribution in [-0.4, -0.2) is 74.4 Å². The van der Waals surface area contributed by atoms with Crippen LogP contribution < -0.4 is 31.7 Å². The van der Waals surface area contributed by atoms with Crippen LogP contribution in [0.5, 0.6) is 5.88 Å². The van der Waals surface area contributed by atoms with Crippen molar-refractivity contribution >= 4 is 58.4 Å². The fourth-order valence-corrected chi connectivity index (χ4v) is 6.69. The molecule has 0 spiro atoms. The molecule has 0 aliphatic carbocycles. The molecule has 6 heterocycles. The van der Waals surface area contributed by atoms with Gasteiger partial charge in [0.05, 0.1) is 43.6 Å². The zero-order valence-corrected chi connectivity index (χ0v) is 41.8. The molecule has 0 fully saturated rings. The van der Waals surface area contributed by atoms with Crippen molar-refractivity contribution in [1.29, 1.82) is 5.26 Å². The van der Waals surface area contributed by atoms with Crippen LogP contribution >= 0.6 is 0 Å². The van der Waals surface area contributed by atoms with Gasteiger partial charge in [-0.05, 0) is 79.5 Å². The molecule has 4 aromatic heterocycles. The molecule has 8 rings (SSSR count). The van der Waals surface area contributed by atoms with Gasteiger partial charge in [0, 0.05) is 53.5 Å². The monoisotopic (exact) mass is 978 g/mol. The number of urea groups is 1. The van der Waals surface area contributed by atoms with Crippen molar-refractivity contribution in [3.63, 3.8) is 0 Å². The number of nitriles is 1. The number of ether oxygens (including phenoxy) is 1. The minimum absolute atomic E-state index is 0. The summed E-state index contributed by atoms with van der Waals surface area (Å²) in [7, 11) is 0. The number of aromatic nitrogens is 8. The first-order valence-electron chi connectivity index (χ1n) is 23.1. The highest BCUT2D eigenvalue weighted by Crippen LogP contribution is 2.28. The molecule has 0 bridgehead atoms. The summed E-state index contributed by atoms with van der Waals surface area (Å²) in [6, 6.07) is 21.9. The van der Waals surface area contributed by atoms with E-state index in [9.17, 15) is 14.4 Å². The minimum atomic E-state index is -0.256. The van der Waals surface area contributed by atoms with E-state index in [-0.39, 0.29) is 74.5 Å². The molecule has 0 unspecified atom stereocenters. The molecule has 0 saturated heterocycles. The number of aliphatic imine (C=N–C) groups is 1. The SMILES string of the molecule is C.C=C(Nc1nc(=O)n(C(C)C)cc1C)c1ccccc1.C=C1C=CN(C(C)C)C(=O)N1.C=C1NC=Nc2c1ncn2C(C)C.CC(C)n1cnc2c(OCCC#N)nc(NC(=O)Cc3ccccc3)nc21. The number of nitrogens with one attached hydrogen (secondary N) is 4.